The molecule has 0 spiro atoms. The fraction of sp³-hybridized carbons (Fsp3) is 0.286. The maximum Gasteiger partial charge on any atom is 0.124 e. The molecule has 0 saturated heterocycles. The topological polar surface area (TPSA) is 44.5 Å². The second-order valence-corrected chi connectivity index (χ2v) is 4.95. The Morgan fingerprint density at radius 1 is 1.22 bits per heavy atom. The molecule has 0 saturated carbocycles. The van der Waals surface area contributed by atoms with Crippen molar-refractivity contribution in [1.29, 1.82) is 0 Å². The lowest BCUT2D eigenvalue weighted by Gasteiger charge is -2.10. The molecule has 0 aliphatic rings. The van der Waals surface area contributed by atoms with Crippen LogP contribution >= 0.6 is 11.3 Å². The molecule has 2 N–H and O–H groups in total. The Morgan fingerprint density at radius 2 is 2.11 bits per heavy atom. The molecule has 18 heavy (non-hydrogen) atoms. The third kappa shape index (κ3) is 3.32. The van der Waals surface area contributed by atoms with Gasteiger partial charge in [0.15, 0.2) is 0 Å². The lowest BCUT2D eigenvalue weighted by Crippen LogP contribution is -2.01. The van der Waals surface area contributed by atoms with E-state index in [1.165, 1.54) is 4.88 Å². The number of benzene rings is 1. The highest BCUT2D eigenvalue weighted by atomic mass is 32.1. The first kappa shape index (κ1) is 13.1. The zero-order chi connectivity index (χ0) is 12.8. The van der Waals surface area contributed by atoms with E-state index in [0.29, 0.717) is 19.8 Å². The molecule has 1 aromatic heterocycles. The Bertz CT molecular complexity index is 483. The SMILES string of the molecule is COc1ccc(CN)cc1COCc1cccs1. The average Bonchev–Trinajstić information content (AvgIpc) is 2.92. The molecule has 1 aromatic carbocycles. The van der Waals surface area contributed by atoms with Gasteiger partial charge in [-0.15, -0.1) is 11.3 Å². The van der Waals surface area contributed by atoms with Crippen molar-refractivity contribution in [2.75, 3.05) is 7.11 Å². The highest BCUT2D eigenvalue weighted by Crippen LogP contribution is 2.21. The molecule has 2 rings (SSSR count). The summed E-state index contributed by atoms with van der Waals surface area (Å²) in [6.07, 6.45) is 0. The zero-order valence-corrected chi connectivity index (χ0v) is 11.2. The average molecular weight is 263 g/mol. The Hall–Kier alpha value is -1.36. The van der Waals surface area contributed by atoms with Crippen LogP contribution in [-0.4, -0.2) is 7.11 Å². The Kier molecular flexibility index (Phi) is 4.75. The molecule has 3 nitrogen and oxygen atoms in total. The number of methoxy groups -OCH3 is 1. The monoisotopic (exact) mass is 263 g/mol. The van der Waals surface area contributed by atoms with Gasteiger partial charge in [0.25, 0.3) is 0 Å². The standard InChI is InChI=1S/C14H17NO2S/c1-16-14-5-4-11(8-15)7-12(14)9-17-10-13-3-2-6-18-13/h2-7H,8-10,15H2,1H3. The van der Waals surface area contributed by atoms with Gasteiger partial charge in [-0.25, -0.2) is 0 Å². The van der Waals surface area contributed by atoms with Crippen molar-refractivity contribution in [2.24, 2.45) is 5.73 Å². The van der Waals surface area contributed by atoms with Gasteiger partial charge in [0.2, 0.25) is 0 Å². The first-order chi connectivity index (χ1) is 8.83. The van der Waals surface area contributed by atoms with E-state index >= 15 is 0 Å². The number of nitrogens with two attached hydrogens (primary N) is 1. The Balaban J connectivity index is 1.98. The second kappa shape index (κ2) is 6.54. The van der Waals surface area contributed by atoms with Crippen molar-refractivity contribution in [3.05, 3.63) is 51.7 Å². The molecule has 0 bridgehead atoms. The fourth-order valence-electron chi connectivity index (χ4n) is 1.73. The van der Waals surface area contributed by atoms with Crippen LogP contribution in [0.1, 0.15) is 16.0 Å². The van der Waals surface area contributed by atoms with Crippen LogP contribution < -0.4 is 10.5 Å². The van der Waals surface area contributed by atoms with Gasteiger partial charge in [0, 0.05) is 17.0 Å². The predicted molar refractivity (Wildman–Crippen MR) is 73.7 cm³/mol. The number of hydrogen-bond acceptors (Lipinski definition) is 4. The Morgan fingerprint density at radius 3 is 2.78 bits per heavy atom. The number of rotatable bonds is 6. The number of ether oxygens (including phenoxy) is 2. The molecule has 0 fully saturated rings. The lowest BCUT2D eigenvalue weighted by molar-refractivity contribution is 0.107. The van der Waals surface area contributed by atoms with E-state index in [4.69, 9.17) is 15.2 Å². The molecule has 4 heteroatoms. The van der Waals surface area contributed by atoms with Crippen LogP contribution in [0, 0.1) is 0 Å². The van der Waals surface area contributed by atoms with Crippen molar-refractivity contribution in [1.82, 2.24) is 0 Å². The molecule has 96 valence electrons. The first-order valence-electron chi connectivity index (χ1n) is 5.79. The summed E-state index contributed by atoms with van der Waals surface area (Å²) >= 11 is 1.70. The highest BCUT2D eigenvalue weighted by molar-refractivity contribution is 7.09. The van der Waals surface area contributed by atoms with E-state index in [-0.39, 0.29) is 0 Å². The van der Waals surface area contributed by atoms with Crippen LogP contribution in [0.5, 0.6) is 5.75 Å². The minimum Gasteiger partial charge on any atom is -0.496 e. The molecule has 1 heterocycles. The number of hydrogen-bond donors (Lipinski definition) is 1. The molecule has 0 radical (unpaired) electrons. The maximum atomic E-state index is 5.70. The fourth-order valence-corrected chi connectivity index (χ4v) is 2.37. The highest BCUT2D eigenvalue weighted by Gasteiger charge is 2.04. The minimum atomic E-state index is 0.530. The minimum absolute atomic E-state index is 0.530. The van der Waals surface area contributed by atoms with Crippen LogP contribution in [0.4, 0.5) is 0 Å². The van der Waals surface area contributed by atoms with Crippen molar-refractivity contribution in [3.8, 4) is 5.75 Å². The third-order valence-corrected chi connectivity index (χ3v) is 3.51. The van der Waals surface area contributed by atoms with E-state index in [2.05, 4.69) is 6.07 Å². The molecular weight excluding hydrogens is 246 g/mol. The van der Waals surface area contributed by atoms with Gasteiger partial charge in [-0.05, 0) is 29.1 Å². The summed E-state index contributed by atoms with van der Waals surface area (Å²) in [4.78, 5) is 1.23. The molecule has 0 unspecified atom stereocenters. The van der Waals surface area contributed by atoms with Crippen molar-refractivity contribution < 1.29 is 9.47 Å². The summed E-state index contributed by atoms with van der Waals surface area (Å²) < 4.78 is 11.0. The predicted octanol–water partition coefficient (Wildman–Crippen LogP) is 2.93. The number of thiophene rings is 1. The summed E-state index contributed by atoms with van der Waals surface area (Å²) in [5.41, 5.74) is 7.76. The van der Waals surface area contributed by atoms with Gasteiger partial charge in [-0.2, -0.15) is 0 Å². The van der Waals surface area contributed by atoms with E-state index in [9.17, 15) is 0 Å². The van der Waals surface area contributed by atoms with Gasteiger partial charge < -0.3 is 15.2 Å². The normalized spacial score (nSPS) is 10.6. The van der Waals surface area contributed by atoms with Gasteiger partial charge in [-0.1, -0.05) is 12.1 Å². The van der Waals surface area contributed by atoms with E-state index in [0.717, 1.165) is 16.9 Å². The van der Waals surface area contributed by atoms with Gasteiger partial charge in [0.05, 0.1) is 20.3 Å². The van der Waals surface area contributed by atoms with E-state index in [1.54, 1.807) is 18.4 Å². The summed E-state index contributed by atoms with van der Waals surface area (Å²) in [6.45, 7) is 1.70. The third-order valence-electron chi connectivity index (χ3n) is 2.66. The second-order valence-electron chi connectivity index (χ2n) is 3.92. The Labute approximate surface area is 111 Å². The van der Waals surface area contributed by atoms with Crippen LogP contribution in [0.15, 0.2) is 35.7 Å². The van der Waals surface area contributed by atoms with E-state index < -0.39 is 0 Å². The summed E-state index contributed by atoms with van der Waals surface area (Å²) in [6, 6.07) is 10.0. The lowest BCUT2D eigenvalue weighted by atomic mass is 10.1. The summed E-state index contributed by atoms with van der Waals surface area (Å²) in [5, 5.41) is 2.05. The van der Waals surface area contributed by atoms with Gasteiger partial charge >= 0.3 is 0 Å². The van der Waals surface area contributed by atoms with Crippen LogP contribution in [-0.2, 0) is 24.5 Å². The van der Waals surface area contributed by atoms with Crippen LogP contribution in [0.25, 0.3) is 0 Å². The van der Waals surface area contributed by atoms with Crippen molar-refractivity contribution in [3.63, 3.8) is 0 Å². The largest absolute Gasteiger partial charge is 0.496 e. The molecular formula is C14H17NO2S. The summed E-state index contributed by atoms with van der Waals surface area (Å²) in [7, 11) is 1.67. The zero-order valence-electron chi connectivity index (χ0n) is 10.4. The smallest absolute Gasteiger partial charge is 0.124 e. The van der Waals surface area contributed by atoms with Crippen molar-refractivity contribution in [2.45, 2.75) is 19.8 Å². The molecule has 2 aromatic rings. The van der Waals surface area contributed by atoms with Crippen LogP contribution in [0.2, 0.25) is 0 Å². The van der Waals surface area contributed by atoms with Crippen LogP contribution in [0.3, 0.4) is 0 Å². The summed E-state index contributed by atoms with van der Waals surface area (Å²) in [5.74, 6) is 0.846. The van der Waals surface area contributed by atoms with Crippen molar-refractivity contribution >= 4 is 11.3 Å². The molecule has 0 aliphatic heterocycles. The quantitative estimate of drug-likeness (QED) is 0.871. The van der Waals surface area contributed by atoms with Gasteiger partial charge in [-0.3, -0.25) is 0 Å². The van der Waals surface area contributed by atoms with Gasteiger partial charge in [0.1, 0.15) is 5.75 Å². The molecule has 0 aliphatic carbocycles. The van der Waals surface area contributed by atoms with E-state index in [1.807, 2.05) is 29.6 Å². The first-order valence-corrected chi connectivity index (χ1v) is 6.67. The molecule has 0 amide bonds. The maximum absolute atomic E-state index is 5.70. The molecule has 0 atom stereocenters.